The molecule has 0 saturated heterocycles. The molecule has 0 unspecified atom stereocenters. The molecule has 0 radical (unpaired) electrons. The van der Waals surface area contributed by atoms with Gasteiger partial charge in [-0.1, -0.05) is 0 Å². The van der Waals surface area contributed by atoms with Crippen molar-refractivity contribution in [3.05, 3.63) is 15.6 Å². The topological polar surface area (TPSA) is 68.0 Å². The summed E-state index contributed by atoms with van der Waals surface area (Å²) in [4.78, 5) is 16.1. The molecule has 1 aromatic rings. The molecule has 1 aliphatic heterocycles. The fraction of sp³-hybridized carbons (Fsp3) is 0.429. The first-order chi connectivity index (χ1) is 5.77. The number of rotatable bonds is 1. The zero-order valence-corrected chi connectivity index (χ0v) is 8.50. The molecule has 0 aliphatic carbocycles. The van der Waals surface area contributed by atoms with E-state index in [9.17, 15) is 4.79 Å². The normalized spacial score (nSPS) is 14.5. The molecule has 2 rings (SSSR count). The number of aromatic nitrogens is 1. The number of carbonyl (C=O) groups is 1. The molecule has 3 N–H and O–H groups in total. The van der Waals surface area contributed by atoms with Gasteiger partial charge in [0.2, 0.25) is 0 Å². The van der Waals surface area contributed by atoms with Crippen molar-refractivity contribution < 1.29 is 4.79 Å². The van der Waals surface area contributed by atoms with E-state index in [4.69, 9.17) is 5.73 Å². The Morgan fingerprint density at radius 2 is 2.38 bits per heavy atom. The number of amides is 1. The average Bonchev–Trinajstić information content (AvgIpc) is 2.46. The van der Waals surface area contributed by atoms with Crippen LogP contribution >= 0.6 is 23.7 Å². The predicted octanol–water partition coefficient (Wildman–Crippen LogP) is 0.310. The fourth-order valence-corrected chi connectivity index (χ4v) is 2.16. The monoisotopic (exact) mass is 219 g/mol. The van der Waals surface area contributed by atoms with Crippen molar-refractivity contribution in [3.8, 4) is 0 Å². The van der Waals surface area contributed by atoms with Gasteiger partial charge in [0.1, 0.15) is 0 Å². The quantitative estimate of drug-likeness (QED) is 0.715. The first-order valence-corrected chi connectivity index (χ1v) is 4.58. The van der Waals surface area contributed by atoms with Crippen molar-refractivity contribution in [2.24, 2.45) is 5.73 Å². The zero-order chi connectivity index (χ0) is 8.55. The van der Waals surface area contributed by atoms with Crippen molar-refractivity contribution in [2.75, 3.05) is 6.54 Å². The largest absolute Gasteiger partial charge is 0.364 e. The molecular formula is C7H10ClN3OS. The second kappa shape index (κ2) is 4.04. The number of thiazole rings is 1. The van der Waals surface area contributed by atoms with Crippen molar-refractivity contribution in [2.45, 2.75) is 13.0 Å². The van der Waals surface area contributed by atoms with Crippen LogP contribution in [0.25, 0.3) is 0 Å². The van der Waals surface area contributed by atoms with E-state index < -0.39 is 5.91 Å². The standard InChI is InChI=1S/C7H9N3OS.ClH/c8-6(11)7-10-4-1-2-9-3-5(4)12-7;/h9H,1-3H2,(H2,8,11);1H. The van der Waals surface area contributed by atoms with E-state index in [1.54, 1.807) is 0 Å². The number of primary amides is 1. The number of nitrogens with two attached hydrogens (primary N) is 1. The maximum atomic E-state index is 10.8. The Labute approximate surface area is 85.9 Å². The van der Waals surface area contributed by atoms with Gasteiger partial charge in [-0.15, -0.1) is 23.7 Å². The molecule has 6 heteroatoms. The van der Waals surface area contributed by atoms with Gasteiger partial charge in [0.25, 0.3) is 5.91 Å². The van der Waals surface area contributed by atoms with Gasteiger partial charge in [-0.3, -0.25) is 4.79 Å². The lowest BCUT2D eigenvalue weighted by molar-refractivity contribution is 0.1000. The first kappa shape index (κ1) is 10.4. The van der Waals surface area contributed by atoms with Gasteiger partial charge in [0, 0.05) is 24.4 Å². The van der Waals surface area contributed by atoms with Gasteiger partial charge in [-0.2, -0.15) is 0 Å². The van der Waals surface area contributed by atoms with E-state index in [-0.39, 0.29) is 12.4 Å². The van der Waals surface area contributed by atoms with Crippen LogP contribution in [0.15, 0.2) is 0 Å². The number of carbonyl (C=O) groups excluding carboxylic acids is 1. The fourth-order valence-electron chi connectivity index (χ4n) is 1.23. The Kier molecular flexibility index (Phi) is 3.24. The van der Waals surface area contributed by atoms with Gasteiger partial charge in [0.05, 0.1) is 5.69 Å². The van der Waals surface area contributed by atoms with E-state index in [1.807, 2.05) is 0 Å². The molecule has 72 valence electrons. The third kappa shape index (κ3) is 1.99. The summed E-state index contributed by atoms with van der Waals surface area (Å²) in [6.07, 6.45) is 0.902. The summed E-state index contributed by atoms with van der Waals surface area (Å²) in [7, 11) is 0. The molecule has 0 saturated carbocycles. The van der Waals surface area contributed by atoms with Crippen molar-refractivity contribution in [3.63, 3.8) is 0 Å². The van der Waals surface area contributed by atoms with E-state index >= 15 is 0 Å². The molecular weight excluding hydrogens is 210 g/mol. The Bertz CT molecular complexity index is 302. The third-order valence-electron chi connectivity index (χ3n) is 1.81. The summed E-state index contributed by atoms with van der Waals surface area (Å²) in [6.45, 7) is 1.76. The predicted molar refractivity (Wildman–Crippen MR) is 53.3 cm³/mol. The summed E-state index contributed by atoms with van der Waals surface area (Å²) in [5.74, 6) is -0.422. The molecule has 2 heterocycles. The molecule has 1 aliphatic rings. The minimum Gasteiger partial charge on any atom is -0.364 e. The van der Waals surface area contributed by atoms with Crippen molar-refractivity contribution >= 4 is 29.7 Å². The van der Waals surface area contributed by atoms with Crippen LogP contribution in [0.3, 0.4) is 0 Å². The van der Waals surface area contributed by atoms with Gasteiger partial charge in [0.15, 0.2) is 5.01 Å². The number of halogens is 1. The lowest BCUT2D eigenvalue weighted by atomic mass is 10.2. The molecule has 0 fully saturated rings. The maximum Gasteiger partial charge on any atom is 0.277 e. The number of nitrogens with one attached hydrogen (secondary N) is 1. The van der Waals surface area contributed by atoms with Crippen molar-refractivity contribution in [1.82, 2.24) is 10.3 Å². The van der Waals surface area contributed by atoms with Crippen LogP contribution in [0.4, 0.5) is 0 Å². The van der Waals surface area contributed by atoms with E-state index in [2.05, 4.69) is 10.3 Å². The second-order valence-electron chi connectivity index (χ2n) is 2.68. The lowest BCUT2D eigenvalue weighted by Gasteiger charge is -2.09. The van der Waals surface area contributed by atoms with Crippen LogP contribution in [-0.4, -0.2) is 17.4 Å². The number of hydrogen-bond acceptors (Lipinski definition) is 4. The lowest BCUT2D eigenvalue weighted by Crippen LogP contribution is -2.22. The molecule has 0 aromatic carbocycles. The van der Waals surface area contributed by atoms with E-state index in [1.165, 1.54) is 11.3 Å². The van der Waals surface area contributed by atoms with Crippen LogP contribution < -0.4 is 11.1 Å². The summed E-state index contributed by atoms with van der Waals surface area (Å²) in [6, 6.07) is 0. The maximum absolute atomic E-state index is 10.8. The molecule has 13 heavy (non-hydrogen) atoms. The van der Waals surface area contributed by atoms with Crippen LogP contribution in [-0.2, 0) is 13.0 Å². The van der Waals surface area contributed by atoms with Crippen LogP contribution in [0.5, 0.6) is 0 Å². The summed E-state index contributed by atoms with van der Waals surface area (Å²) >= 11 is 1.40. The summed E-state index contributed by atoms with van der Waals surface area (Å²) in [5, 5.41) is 3.65. The van der Waals surface area contributed by atoms with E-state index in [0.29, 0.717) is 5.01 Å². The second-order valence-corrected chi connectivity index (χ2v) is 3.76. The average molecular weight is 220 g/mol. The highest BCUT2D eigenvalue weighted by molar-refractivity contribution is 7.13. The number of hydrogen-bond donors (Lipinski definition) is 2. The highest BCUT2D eigenvalue weighted by Crippen LogP contribution is 2.20. The van der Waals surface area contributed by atoms with Gasteiger partial charge in [-0.25, -0.2) is 4.98 Å². The Morgan fingerprint density at radius 3 is 3.00 bits per heavy atom. The van der Waals surface area contributed by atoms with Crippen LogP contribution in [0, 0.1) is 0 Å². The smallest absolute Gasteiger partial charge is 0.277 e. The Hall–Kier alpha value is -0.650. The number of fused-ring (bicyclic) bond motifs is 1. The molecule has 1 aromatic heterocycles. The minimum absolute atomic E-state index is 0. The highest BCUT2D eigenvalue weighted by Gasteiger charge is 2.16. The van der Waals surface area contributed by atoms with Crippen LogP contribution in [0.2, 0.25) is 0 Å². The molecule has 0 bridgehead atoms. The van der Waals surface area contributed by atoms with Crippen molar-refractivity contribution in [1.29, 1.82) is 0 Å². The molecule has 4 nitrogen and oxygen atoms in total. The molecule has 1 amide bonds. The zero-order valence-electron chi connectivity index (χ0n) is 6.87. The molecule has 0 atom stereocenters. The minimum atomic E-state index is -0.422. The highest BCUT2D eigenvalue weighted by atomic mass is 35.5. The Morgan fingerprint density at radius 1 is 1.62 bits per heavy atom. The van der Waals surface area contributed by atoms with Crippen LogP contribution in [0.1, 0.15) is 20.4 Å². The van der Waals surface area contributed by atoms with Gasteiger partial charge < -0.3 is 11.1 Å². The van der Waals surface area contributed by atoms with E-state index in [0.717, 1.165) is 30.1 Å². The van der Waals surface area contributed by atoms with Gasteiger partial charge in [-0.05, 0) is 0 Å². The third-order valence-corrected chi connectivity index (χ3v) is 2.93. The molecule has 0 spiro atoms. The Balaban J connectivity index is 0.000000845. The SMILES string of the molecule is Cl.NC(=O)c1nc2c(s1)CNCC2. The first-order valence-electron chi connectivity index (χ1n) is 3.76. The number of nitrogens with zero attached hydrogens (tertiary/aromatic N) is 1. The summed E-state index contributed by atoms with van der Waals surface area (Å²) in [5.41, 5.74) is 6.15. The van der Waals surface area contributed by atoms with Gasteiger partial charge >= 0.3 is 0 Å². The summed E-state index contributed by atoms with van der Waals surface area (Å²) < 4.78 is 0.